The molecule has 1 unspecified atom stereocenters. The molecule has 0 aromatic heterocycles. The normalized spacial score (nSPS) is 12.1. The lowest BCUT2D eigenvalue weighted by atomic mass is 10.0. The molecule has 0 aliphatic carbocycles. The van der Waals surface area contributed by atoms with E-state index in [0.717, 1.165) is 5.56 Å². The number of ether oxygens (including phenoxy) is 1. The highest BCUT2D eigenvalue weighted by molar-refractivity contribution is 6.04. The number of carboxylic acid groups (broad SMARTS) is 1. The van der Waals surface area contributed by atoms with E-state index in [2.05, 4.69) is 19.2 Å². The Morgan fingerprint density at radius 1 is 1.26 bits per heavy atom. The Hall–Kier alpha value is -2.04. The number of hydrogen-bond donors (Lipinski definition) is 2. The summed E-state index contributed by atoms with van der Waals surface area (Å²) in [6, 6.07) is 5.45. The van der Waals surface area contributed by atoms with Gasteiger partial charge in [0.05, 0.1) is 12.8 Å². The fraction of sp³-hybridized carbons (Fsp3) is 0.429. The lowest BCUT2D eigenvalue weighted by molar-refractivity contribution is -0.144. The van der Waals surface area contributed by atoms with E-state index >= 15 is 0 Å². The summed E-state index contributed by atoms with van der Waals surface area (Å²) < 4.78 is 5.22. The predicted molar refractivity (Wildman–Crippen MR) is 72.5 cm³/mol. The Kier molecular flexibility index (Phi) is 4.92. The first-order valence-electron chi connectivity index (χ1n) is 6.08. The molecule has 1 atom stereocenters. The molecule has 0 saturated carbocycles. The molecule has 1 aromatic rings. The van der Waals surface area contributed by atoms with Gasteiger partial charge >= 0.3 is 5.97 Å². The summed E-state index contributed by atoms with van der Waals surface area (Å²) >= 11 is 0. The van der Waals surface area contributed by atoms with Gasteiger partial charge in [0, 0.05) is 0 Å². The second-order valence-corrected chi connectivity index (χ2v) is 4.66. The average Bonchev–Trinajstić information content (AvgIpc) is 2.37. The quantitative estimate of drug-likeness (QED) is 0.802. The molecule has 5 nitrogen and oxygen atoms in total. The fourth-order valence-corrected chi connectivity index (χ4v) is 1.52. The molecule has 1 rings (SSSR count). The summed E-state index contributed by atoms with van der Waals surface area (Å²) in [4.78, 5) is 22.4. The third kappa shape index (κ3) is 3.71. The molecular weight excluding hydrogens is 246 g/mol. The fourth-order valence-electron chi connectivity index (χ4n) is 1.52. The van der Waals surface area contributed by atoms with E-state index in [1.165, 1.54) is 14.0 Å². The largest absolute Gasteiger partial charge is 0.495 e. The van der Waals surface area contributed by atoms with Crippen LogP contribution in [-0.4, -0.2) is 24.1 Å². The van der Waals surface area contributed by atoms with Gasteiger partial charge in [-0.15, -0.1) is 0 Å². The molecule has 0 radical (unpaired) electrons. The minimum Gasteiger partial charge on any atom is -0.495 e. The van der Waals surface area contributed by atoms with Crippen molar-refractivity contribution >= 4 is 17.6 Å². The van der Waals surface area contributed by atoms with Crippen molar-refractivity contribution in [1.29, 1.82) is 0 Å². The summed E-state index contributed by atoms with van der Waals surface area (Å²) in [6.45, 7) is 5.45. The van der Waals surface area contributed by atoms with Crippen LogP contribution in [0.3, 0.4) is 0 Å². The van der Waals surface area contributed by atoms with Crippen molar-refractivity contribution in [2.45, 2.75) is 26.7 Å². The second-order valence-electron chi connectivity index (χ2n) is 4.66. The molecule has 0 aliphatic rings. The molecule has 2 N–H and O–H groups in total. The second kappa shape index (κ2) is 6.22. The zero-order valence-electron chi connectivity index (χ0n) is 11.6. The molecule has 0 saturated heterocycles. The molecular formula is C14H19NO4. The predicted octanol–water partition coefficient (Wildman–Crippen LogP) is 2.48. The SMILES string of the molecule is COc1cc(C(C)C)ccc1NC(=O)C(C)C(=O)O. The molecule has 1 amide bonds. The Balaban J connectivity index is 2.95. The van der Waals surface area contributed by atoms with Crippen LogP contribution in [-0.2, 0) is 9.59 Å². The van der Waals surface area contributed by atoms with Gasteiger partial charge in [0.15, 0.2) is 0 Å². The number of carbonyl (C=O) groups is 2. The molecule has 0 fully saturated rings. The van der Waals surface area contributed by atoms with Crippen LogP contribution in [0, 0.1) is 5.92 Å². The Morgan fingerprint density at radius 3 is 2.37 bits per heavy atom. The van der Waals surface area contributed by atoms with Gasteiger partial charge in [-0.2, -0.15) is 0 Å². The standard InChI is InChI=1S/C14H19NO4/c1-8(2)10-5-6-11(12(7-10)19-4)15-13(16)9(3)14(17)18/h5-9H,1-4H3,(H,15,16)(H,17,18). The van der Waals surface area contributed by atoms with Crippen LogP contribution in [0.25, 0.3) is 0 Å². The van der Waals surface area contributed by atoms with Crippen LogP contribution < -0.4 is 10.1 Å². The maximum Gasteiger partial charge on any atom is 0.315 e. The van der Waals surface area contributed by atoms with E-state index in [1.54, 1.807) is 6.07 Å². The number of hydrogen-bond acceptors (Lipinski definition) is 3. The molecule has 19 heavy (non-hydrogen) atoms. The van der Waals surface area contributed by atoms with Gasteiger partial charge in [0.1, 0.15) is 11.7 Å². The number of anilines is 1. The van der Waals surface area contributed by atoms with E-state index in [9.17, 15) is 9.59 Å². The summed E-state index contributed by atoms with van der Waals surface area (Å²) in [7, 11) is 1.51. The maximum atomic E-state index is 11.7. The number of carbonyl (C=O) groups excluding carboxylic acids is 1. The minimum absolute atomic E-state index is 0.344. The molecule has 0 bridgehead atoms. The van der Waals surface area contributed by atoms with E-state index in [1.807, 2.05) is 12.1 Å². The Labute approximate surface area is 112 Å². The topological polar surface area (TPSA) is 75.6 Å². The van der Waals surface area contributed by atoms with Crippen molar-refractivity contribution < 1.29 is 19.4 Å². The molecule has 104 valence electrons. The van der Waals surface area contributed by atoms with E-state index in [0.29, 0.717) is 17.4 Å². The zero-order valence-corrected chi connectivity index (χ0v) is 11.6. The van der Waals surface area contributed by atoms with Gasteiger partial charge in [-0.3, -0.25) is 9.59 Å². The Bertz CT molecular complexity index is 482. The first kappa shape index (κ1) is 15.0. The highest BCUT2D eigenvalue weighted by Gasteiger charge is 2.21. The molecule has 5 heteroatoms. The Morgan fingerprint density at radius 2 is 1.89 bits per heavy atom. The number of nitrogens with one attached hydrogen (secondary N) is 1. The van der Waals surface area contributed by atoms with Gasteiger partial charge in [0.25, 0.3) is 0 Å². The number of methoxy groups -OCH3 is 1. The van der Waals surface area contributed by atoms with Crippen molar-refractivity contribution in [2.75, 3.05) is 12.4 Å². The van der Waals surface area contributed by atoms with Crippen molar-refractivity contribution in [3.63, 3.8) is 0 Å². The van der Waals surface area contributed by atoms with Crippen molar-refractivity contribution in [3.05, 3.63) is 23.8 Å². The van der Waals surface area contributed by atoms with Crippen LogP contribution in [0.5, 0.6) is 5.75 Å². The monoisotopic (exact) mass is 265 g/mol. The van der Waals surface area contributed by atoms with Crippen molar-refractivity contribution in [1.82, 2.24) is 0 Å². The average molecular weight is 265 g/mol. The molecule has 0 aliphatic heterocycles. The number of carboxylic acids is 1. The summed E-state index contributed by atoms with van der Waals surface area (Å²) in [6.07, 6.45) is 0. The van der Waals surface area contributed by atoms with Crippen molar-refractivity contribution in [3.8, 4) is 5.75 Å². The maximum absolute atomic E-state index is 11.7. The van der Waals surface area contributed by atoms with Gasteiger partial charge in [-0.1, -0.05) is 19.9 Å². The van der Waals surface area contributed by atoms with Crippen LogP contribution in [0.2, 0.25) is 0 Å². The number of amides is 1. The summed E-state index contributed by atoms with van der Waals surface area (Å²) in [5.74, 6) is -1.96. The van der Waals surface area contributed by atoms with Gasteiger partial charge in [-0.25, -0.2) is 0 Å². The van der Waals surface area contributed by atoms with Crippen LogP contribution in [0.1, 0.15) is 32.3 Å². The van der Waals surface area contributed by atoms with Gasteiger partial charge in [-0.05, 0) is 30.5 Å². The van der Waals surface area contributed by atoms with Crippen LogP contribution in [0.15, 0.2) is 18.2 Å². The lowest BCUT2D eigenvalue weighted by Crippen LogP contribution is -2.27. The van der Waals surface area contributed by atoms with E-state index < -0.39 is 17.8 Å². The number of aliphatic carboxylic acids is 1. The first-order chi connectivity index (χ1) is 8.86. The number of rotatable bonds is 5. The molecule has 0 heterocycles. The summed E-state index contributed by atoms with van der Waals surface area (Å²) in [5, 5.41) is 11.3. The van der Waals surface area contributed by atoms with Crippen molar-refractivity contribution in [2.24, 2.45) is 5.92 Å². The zero-order chi connectivity index (χ0) is 14.6. The van der Waals surface area contributed by atoms with Gasteiger partial charge < -0.3 is 15.2 Å². The smallest absolute Gasteiger partial charge is 0.315 e. The lowest BCUT2D eigenvalue weighted by Gasteiger charge is -2.14. The third-order valence-corrected chi connectivity index (χ3v) is 2.91. The van der Waals surface area contributed by atoms with Crippen LogP contribution >= 0.6 is 0 Å². The highest BCUT2D eigenvalue weighted by Crippen LogP contribution is 2.29. The summed E-state index contributed by atoms with van der Waals surface area (Å²) in [5.41, 5.74) is 1.56. The molecule has 1 aromatic carbocycles. The number of benzene rings is 1. The highest BCUT2D eigenvalue weighted by atomic mass is 16.5. The van der Waals surface area contributed by atoms with Gasteiger partial charge in [0.2, 0.25) is 5.91 Å². The van der Waals surface area contributed by atoms with E-state index in [-0.39, 0.29) is 0 Å². The minimum atomic E-state index is -1.16. The van der Waals surface area contributed by atoms with E-state index in [4.69, 9.17) is 9.84 Å². The molecule has 0 spiro atoms. The van der Waals surface area contributed by atoms with Crippen LogP contribution in [0.4, 0.5) is 5.69 Å². The first-order valence-corrected chi connectivity index (χ1v) is 6.08. The third-order valence-electron chi connectivity index (χ3n) is 2.91.